The molecule has 25 heavy (non-hydrogen) atoms. The topological polar surface area (TPSA) is 55.8 Å². The van der Waals surface area contributed by atoms with Crippen molar-refractivity contribution < 1.29 is 19.7 Å². The fraction of sp³-hybridized carbons (Fsp3) is 0.762. The Morgan fingerprint density at radius 3 is 2.28 bits per heavy atom. The van der Waals surface area contributed by atoms with Crippen molar-refractivity contribution in [1.29, 1.82) is 0 Å². The third-order valence-electron chi connectivity index (χ3n) is 4.28. The van der Waals surface area contributed by atoms with Gasteiger partial charge in [0.25, 0.3) is 0 Å². The van der Waals surface area contributed by atoms with Crippen LogP contribution in [0.4, 0.5) is 0 Å². The maximum absolute atomic E-state index is 11.0. The number of ether oxygens (including phenoxy) is 1. The van der Waals surface area contributed by atoms with Crippen LogP contribution in [-0.2, 0) is 14.4 Å². The van der Waals surface area contributed by atoms with Gasteiger partial charge in [0.15, 0.2) is 0 Å². The van der Waals surface area contributed by atoms with E-state index < -0.39 is 0 Å². The lowest BCUT2D eigenvalue weighted by Gasteiger charge is -2.07. The average molecular weight is 355 g/mol. The van der Waals surface area contributed by atoms with Crippen LogP contribution in [-0.4, -0.2) is 24.4 Å². The summed E-state index contributed by atoms with van der Waals surface area (Å²) in [6.45, 7) is 2.17. The zero-order valence-corrected chi connectivity index (χ0v) is 16.3. The van der Waals surface area contributed by atoms with Crippen molar-refractivity contribution in [3.05, 3.63) is 24.3 Å². The lowest BCUT2D eigenvalue weighted by atomic mass is 10.1. The van der Waals surface area contributed by atoms with Gasteiger partial charge >= 0.3 is 5.97 Å². The first-order valence-corrected chi connectivity index (χ1v) is 9.95. The number of carbonyl (C=O) groups is 1. The molecule has 0 aromatic carbocycles. The quantitative estimate of drug-likeness (QED) is 0.111. The smallest absolute Gasteiger partial charge is 0.305 e. The van der Waals surface area contributed by atoms with Gasteiger partial charge in [-0.05, 0) is 25.7 Å². The highest BCUT2D eigenvalue weighted by molar-refractivity contribution is 5.68. The van der Waals surface area contributed by atoms with E-state index in [1.807, 2.05) is 18.2 Å². The Balaban J connectivity index is 3.44. The van der Waals surface area contributed by atoms with Crippen LogP contribution in [0.1, 0.15) is 90.4 Å². The Morgan fingerprint density at radius 2 is 1.64 bits per heavy atom. The van der Waals surface area contributed by atoms with E-state index in [2.05, 4.69) is 22.6 Å². The molecule has 0 aromatic rings. The van der Waals surface area contributed by atoms with E-state index in [1.54, 1.807) is 0 Å². The minimum atomic E-state index is -0.185. The van der Waals surface area contributed by atoms with Crippen LogP contribution >= 0.6 is 0 Å². The molecule has 4 heteroatoms. The van der Waals surface area contributed by atoms with Gasteiger partial charge < -0.3 is 4.74 Å². The molecule has 0 aliphatic carbocycles. The summed E-state index contributed by atoms with van der Waals surface area (Å²) in [6.07, 6.45) is 22.1. The highest BCUT2D eigenvalue weighted by Crippen LogP contribution is 2.10. The first-order chi connectivity index (χ1) is 12.2. The van der Waals surface area contributed by atoms with Crippen LogP contribution < -0.4 is 0 Å². The molecule has 0 saturated carbocycles. The molecule has 0 heterocycles. The maximum Gasteiger partial charge on any atom is 0.305 e. The standard InChI is InChI=1S/C21H38O4/c1-3-4-14-17-20(25-23)18-15-12-10-8-6-5-7-9-11-13-16-19-21(22)24-2/h10,12,15,18,20,23H,3-9,11,13-14,16-17,19H2,1-2H3/b12-10-,18-15+/t20-/m0/s1. The summed E-state index contributed by atoms with van der Waals surface area (Å²) in [5.41, 5.74) is 0. The Hall–Kier alpha value is -1.13. The fourth-order valence-corrected chi connectivity index (χ4v) is 2.66. The van der Waals surface area contributed by atoms with Crippen LogP contribution in [0, 0.1) is 0 Å². The van der Waals surface area contributed by atoms with Crippen LogP contribution in [0.3, 0.4) is 0 Å². The van der Waals surface area contributed by atoms with Crippen LogP contribution in [0.15, 0.2) is 24.3 Å². The number of rotatable bonds is 17. The van der Waals surface area contributed by atoms with E-state index in [0.29, 0.717) is 6.42 Å². The summed E-state index contributed by atoms with van der Waals surface area (Å²) in [5.74, 6) is -0.0985. The van der Waals surface area contributed by atoms with E-state index in [9.17, 15) is 4.79 Å². The van der Waals surface area contributed by atoms with Gasteiger partial charge in [-0.25, -0.2) is 4.89 Å². The van der Waals surface area contributed by atoms with Crippen molar-refractivity contribution in [2.24, 2.45) is 0 Å². The van der Waals surface area contributed by atoms with Gasteiger partial charge in [-0.15, -0.1) is 0 Å². The number of carbonyl (C=O) groups excluding carboxylic acids is 1. The fourth-order valence-electron chi connectivity index (χ4n) is 2.66. The zero-order chi connectivity index (χ0) is 18.6. The molecule has 0 radical (unpaired) electrons. The van der Waals surface area contributed by atoms with Crippen molar-refractivity contribution in [2.75, 3.05) is 7.11 Å². The number of esters is 1. The molecule has 0 aliphatic rings. The second-order valence-electron chi connectivity index (χ2n) is 6.54. The first kappa shape index (κ1) is 23.9. The van der Waals surface area contributed by atoms with Gasteiger partial charge in [0.05, 0.1) is 7.11 Å². The predicted octanol–water partition coefficient (Wildman–Crippen LogP) is 6.22. The molecule has 0 aliphatic heterocycles. The lowest BCUT2D eigenvalue weighted by molar-refractivity contribution is -0.267. The molecule has 0 fully saturated rings. The Bertz CT molecular complexity index is 350. The minimum Gasteiger partial charge on any atom is -0.469 e. The molecule has 1 atom stereocenters. The largest absolute Gasteiger partial charge is 0.469 e. The third kappa shape index (κ3) is 17.5. The van der Waals surface area contributed by atoms with E-state index in [-0.39, 0.29) is 12.1 Å². The molecule has 0 rings (SSSR count). The Kier molecular flexibility index (Phi) is 18.3. The van der Waals surface area contributed by atoms with Crippen molar-refractivity contribution in [3.8, 4) is 0 Å². The summed E-state index contributed by atoms with van der Waals surface area (Å²) in [6, 6.07) is 0. The molecule has 0 saturated heterocycles. The van der Waals surface area contributed by atoms with Crippen LogP contribution in [0.2, 0.25) is 0 Å². The number of allylic oxidation sites excluding steroid dienone is 3. The average Bonchev–Trinajstić information content (AvgIpc) is 2.63. The molecule has 0 amide bonds. The SMILES string of the molecule is CCCCC[C@@H](/C=C/C=C\CCCCCCCCCC(=O)OC)OO. The van der Waals surface area contributed by atoms with Crippen molar-refractivity contribution in [3.63, 3.8) is 0 Å². The van der Waals surface area contributed by atoms with Gasteiger partial charge in [0.2, 0.25) is 0 Å². The van der Waals surface area contributed by atoms with Crippen LogP contribution in [0.25, 0.3) is 0 Å². The number of hydrogen-bond acceptors (Lipinski definition) is 4. The van der Waals surface area contributed by atoms with E-state index in [1.165, 1.54) is 52.1 Å². The molecule has 0 bridgehead atoms. The van der Waals surface area contributed by atoms with Crippen molar-refractivity contribution in [1.82, 2.24) is 0 Å². The molecular formula is C21H38O4. The second kappa shape index (κ2) is 19.2. The Morgan fingerprint density at radius 1 is 0.960 bits per heavy atom. The Labute approximate surface area is 154 Å². The lowest BCUT2D eigenvalue weighted by Crippen LogP contribution is -2.06. The summed E-state index contributed by atoms with van der Waals surface area (Å²) >= 11 is 0. The molecule has 0 aromatic heterocycles. The third-order valence-corrected chi connectivity index (χ3v) is 4.28. The number of methoxy groups -OCH3 is 1. The highest BCUT2D eigenvalue weighted by atomic mass is 17.1. The zero-order valence-electron chi connectivity index (χ0n) is 16.3. The van der Waals surface area contributed by atoms with E-state index in [0.717, 1.165) is 32.1 Å². The van der Waals surface area contributed by atoms with Gasteiger partial charge in [0, 0.05) is 6.42 Å². The van der Waals surface area contributed by atoms with E-state index in [4.69, 9.17) is 5.26 Å². The normalized spacial score (nSPS) is 12.9. The molecule has 4 nitrogen and oxygen atoms in total. The molecule has 1 N–H and O–H groups in total. The van der Waals surface area contributed by atoms with Gasteiger partial charge in [-0.1, -0.05) is 82.6 Å². The molecule has 0 unspecified atom stereocenters. The molecular weight excluding hydrogens is 316 g/mol. The van der Waals surface area contributed by atoms with Gasteiger partial charge in [-0.2, -0.15) is 0 Å². The maximum atomic E-state index is 11.0. The van der Waals surface area contributed by atoms with Gasteiger partial charge in [-0.3, -0.25) is 10.1 Å². The number of hydrogen-bond donors (Lipinski definition) is 1. The van der Waals surface area contributed by atoms with Crippen LogP contribution in [0.5, 0.6) is 0 Å². The summed E-state index contributed by atoms with van der Waals surface area (Å²) < 4.78 is 4.62. The van der Waals surface area contributed by atoms with E-state index >= 15 is 0 Å². The molecule has 0 spiro atoms. The summed E-state index contributed by atoms with van der Waals surface area (Å²) in [7, 11) is 1.44. The summed E-state index contributed by atoms with van der Waals surface area (Å²) in [4.78, 5) is 15.4. The summed E-state index contributed by atoms with van der Waals surface area (Å²) in [5, 5.41) is 8.84. The highest BCUT2D eigenvalue weighted by Gasteiger charge is 2.02. The van der Waals surface area contributed by atoms with Crippen molar-refractivity contribution in [2.45, 2.75) is 96.5 Å². The first-order valence-electron chi connectivity index (χ1n) is 9.95. The minimum absolute atomic E-state index is 0.0985. The van der Waals surface area contributed by atoms with Crippen molar-refractivity contribution >= 4 is 5.97 Å². The number of unbranched alkanes of at least 4 members (excludes halogenated alkanes) is 9. The monoisotopic (exact) mass is 354 g/mol. The second-order valence-corrected chi connectivity index (χ2v) is 6.54. The predicted molar refractivity (Wildman–Crippen MR) is 103 cm³/mol. The molecule has 146 valence electrons. The van der Waals surface area contributed by atoms with Gasteiger partial charge in [0.1, 0.15) is 6.10 Å².